The maximum Gasteiger partial charge on any atom is 0.246 e. The molecule has 3 rings (SSSR count). The molecule has 96 valence electrons. The summed E-state index contributed by atoms with van der Waals surface area (Å²) in [6.45, 7) is 1.76. The highest BCUT2D eigenvalue weighted by molar-refractivity contribution is 5.92. The summed E-state index contributed by atoms with van der Waals surface area (Å²) in [5, 5.41) is 4.28. The second-order valence-corrected chi connectivity index (χ2v) is 4.57. The number of carbonyl (C=O) groups excluding carboxylic acids is 1. The predicted octanol–water partition coefficient (Wildman–Crippen LogP) is 2.12. The van der Waals surface area contributed by atoms with E-state index in [9.17, 15) is 4.79 Å². The predicted molar refractivity (Wildman–Crippen MR) is 73.8 cm³/mol. The number of nitrogens with zero attached hydrogens (tertiary/aromatic N) is 3. The van der Waals surface area contributed by atoms with Gasteiger partial charge in [-0.15, -0.1) is 0 Å². The molecule has 1 amide bonds. The Kier molecular flexibility index (Phi) is 3.14. The maximum absolute atomic E-state index is 11.7. The summed E-state index contributed by atoms with van der Waals surface area (Å²) >= 11 is 0. The quantitative estimate of drug-likeness (QED) is 0.786. The van der Waals surface area contributed by atoms with Crippen molar-refractivity contribution < 1.29 is 4.79 Å². The van der Waals surface area contributed by atoms with Crippen LogP contribution in [0.3, 0.4) is 0 Å². The van der Waals surface area contributed by atoms with Gasteiger partial charge in [-0.3, -0.25) is 4.79 Å². The molecule has 0 saturated carbocycles. The molecule has 4 heteroatoms. The van der Waals surface area contributed by atoms with Gasteiger partial charge in [0, 0.05) is 30.9 Å². The molecular weight excluding hydrogens is 238 g/mol. The average Bonchev–Trinajstić information content (AvgIpc) is 2.84. The number of amides is 1. The molecule has 0 atom stereocenters. The summed E-state index contributed by atoms with van der Waals surface area (Å²) in [6, 6.07) is 9.90. The Labute approximate surface area is 112 Å². The van der Waals surface area contributed by atoms with Crippen molar-refractivity contribution in [3.8, 4) is 5.69 Å². The lowest BCUT2D eigenvalue weighted by Gasteiger charge is -2.29. The molecule has 0 aliphatic carbocycles. The van der Waals surface area contributed by atoms with E-state index in [0.717, 1.165) is 30.8 Å². The average molecular weight is 253 g/mol. The van der Waals surface area contributed by atoms with Gasteiger partial charge in [0.1, 0.15) is 0 Å². The molecule has 1 aromatic carbocycles. The molecule has 1 aromatic heterocycles. The molecular formula is C15H15N3O. The van der Waals surface area contributed by atoms with E-state index >= 15 is 0 Å². The number of aromatic nitrogens is 2. The van der Waals surface area contributed by atoms with Gasteiger partial charge in [0.15, 0.2) is 0 Å². The summed E-state index contributed by atoms with van der Waals surface area (Å²) in [5.41, 5.74) is 1.94. The van der Waals surface area contributed by atoms with Crippen LogP contribution in [0.1, 0.15) is 12.0 Å². The van der Waals surface area contributed by atoms with E-state index in [4.69, 9.17) is 0 Å². The van der Waals surface area contributed by atoms with Gasteiger partial charge in [0.2, 0.25) is 5.91 Å². The van der Waals surface area contributed by atoms with E-state index in [1.165, 1.54) is 0 Å². The zero-order valence-corrected chi connectivity index (χ0v) is 10.6. The Balaban J connectivity index is 1.71. The Morgan fingerprint density at radius 2 is 2.00 bits per heavy atom. The van der Waals surface area contributed by atoms with Crippen molar-refractivity contribution in [1.29, 1.82) is 0 Å². The number of rotatable bonds is 3. The van der Waals surface area contributed by atoms with Crippen LogP contribution < -0.4 is 0 Å². The summed E-state index contributed by atoms with van der Waals surface area (Å²) in [4.78, 5) is 13.5. The smallest absolute Gasteiger partial charge is 0.246 e. The lowest BCUT2D eigenvalue weighted by molar-refractivity contribution is -0.129. The molecule has 19 heavy (non-hydrogen) atoms. The second kappa shape index (κ2) is 5.10. The first-order chi connectivity index (χ1) is 9.33. The number of hydrogen-bond donors (Lipinski definition) is 0. The van der Waals surface area contributed by atoms with Gasteiger partial charge < -0.3 is 4.90 Å². The Morgan fingerprint density at radius 1 is 1.21 bits per heavy atom. The Morgan fingerprint density at radius 3 is 2.68 bits per heavy atom. The Hall–Kier alpha value is -2.36. The third kappa shape index (κ3) is 2.57. The third-order valence-corrected chi connectivity index (χ3v) is 3.21. The molecule has 2 aromatic rings. The fraction of sp³-hybridized carbons (Fsp3) is 0.200. The second-order valence-electron chi connectivity index (χ2n) is 4.57. The van der Waals surface area contributed by atoms with Crippen molar-refractivity contribution in [3.63, 3.8) is 0 Å². The van der Waals surface area contributed by atoms with E-state index in [0.29, 0.717) is 0 Å². The third-order valence-electron chi connectivity index (χ3n) is 3.21. The molecule has 0 spiro atoms. The van der Waals surface area contributed by atoms with Crippen molar-refractivity contribution in [2.45, 2.75) is 6.42 Å². The van der Waals surface area contributed by atoms with Gasteiger partial charge in [-0.2, -0.15) is 5.10 Å². The highest BCUT2D eigenvalue weighted by atomic mass is 16.2. The Bertz CT molecular complexity index is 597. The summed E-state index contributed by atoms with van der Waals surface area (Å²) in [5.74, 6) is 0.0821. The van der Waals surface area contributed by atoms with E-state index in [2.05, 4.69) is 5.10 Å². The minimum absolute atomic E-state index is 0.0821. The largest absolute Gasteiger partial charge is 0.339 e. The lowest BCUT2D eigenvalue weighted by Crippen LogP contribution is -2.40. The van der Waals surface area contributed by atoms with Crippen LogP contribution in [-0.2, 0) is 4.79 Å². The molecule has 1 aliphatic rings. The number of benzene rings is 1. The number of hydrogen-bond acceptors (Lipinski definition) is 2. The standard InChI is InChI=1S/C15H15N3O/c19-15(17-9-4-10-17)8-7-13-11-16-18(12-13)14-5-2-1-3-6-14/h1-3,5-8,11-12H,4,9-10H2/b8-7+. The van der Waals surface area contributed by atoms with Crippen molar-refractivity contribution in [2.24, 2.45) is 0 Å². The van der Waals surface area contributed by atoms with Crippen LogP contribution in [-0.4, -0.2) is 33.7 Å². The molecule has 1 aliphatic heterocycles. The summed E-state index contributed by atoms with van der Waals surface area (Å²) in [6.07, 6.45) is 8.21. The zero-order chi connectivity index (χ0) is 13.1. The monoisotopic (exact) mass is 253 g/mol. The number of para-hydroxylation sites is 1. The first-order valence-electron chi connectivity index (χ1n) is 6.40. The fourth-order valence-corrected chi connectivity index (χ4v) is 1.95. The number of likely N-dealkylation sites (tertiary alicyclic amines) is 1. The molecule has 0 radical (unpaired) electrons. The van der Waals surface area contributed by atoms with Crippen LogP contribution in [0.15, 0.2) is 48.8 Å². The summed E-state index contributed by atoms with van der Waals surface area (Å²) in [7, 11) is 0. The molecule has 2 heterocycles. The van der Waals surface area contributed by atoms with Crippen molar-refractivity contribution in [2.75, 3.05) is 13.1 Å². The fourth-order valence-electron chi connectivity index (χ4n) is 1.95. The first kappa shape index (κ1) is 11.7. The van der Waals surface area contributed by atoms with Crippen LogP contribution in [0.25, 0.3) is 11.8 Å². The van der Waals surface area contributed by atoms with Gasteiger partial charge in [-0.1, -0.05) is 18.2 Å². The van der Waals surface area contributed by atoms with Crippen LogP contribution in [0.2, 0.25) is 0 Å². The van der Waals surface area contributed by atoms with E-state index < -0.39 is 0 Å². The maximum atomic E-state index is 11.7. The highest BCUT2D eigenvalue weighted by Gasteiger charge is 2.17. The molecule has 0 bridgehead atoms. The zero-order valence-electron chi connectivity index (χ0n) is 10.6. The van der Waals surface area contributed by atoms with Gasteiger partial charge in [0.05, 0.1) is 11.9 Å². The number of carbonyl (C=O) groups is 1. The van der Waals surface area contributed by atoms with E-state index in [1.54, 1.807) is 17.0 Å². The van der Waals surface area contributed by atoms with Crippen molar-refractivity contribution >= 4 is 12.0 Å². The SMILES string of the molecule is O=C(/C=C/c1cnn(-c2ccccc2)c1)N1CCC1. The van der Waals surface area contributed by atoms with Gasteiger partial charge in [-0.25, -0.2) is 4.68 Å². The minimum atomic E-state index is 0.0821. The molecule has 0 N–H and O–H groups in total. The van der Waals surface area contributed by atoms with Crippen molar-refractivity contribution in [3.05, 3.63) is 54.4 Å². The van der Waals surface area contributed by atoms with Crippen molar-refractivity contribution in [1.82, 2.24) is 14.7 Å². The highest BCUT2D eigenvalue weighted by Crippen LogP contribution is 2.10. The lowest BCUT2D eigenvalue weighted by atomic mass is 10.2. The molecule has 4 nitrogen and oxygen atoms in total. The van der Waals surface area contributed by atoms with Gasteiger partial charge >= 0.3 is 0 Å². The van der Waals surface area contributed by atoms with Gasteiger partial charge in [-0.05, 0) is 24.6 Å². The first-order valence-corrected chi connectivity index (χ1v) is 6.40. The van der Waals surface area contributed by atoms with E-state index in [-0.39, 0.29) is 5.91 Å². The van der Waals surface area contributed by atoms with Crippen LogP contribution >= 0.6 is 0 Å². The summed E-state index contributed by atoms with van der Waals surface area (Å²) < 4.78 is 1.80. The topological polar surface area (TPSA) is 38.1 Å². The molecule has 0 unspecified atom stereocenters. The minimum Gasteiger partial charge on any atom is -0.339 e. The van der Waals surface area contributed by atoms with Crippen LogP contribution in [0.4, 0.5) is 0 Å². The van der Waals surface area contributed by atoms with Crippen LogP contribution in [0.5, 0.6) is 0 Å². The van der Waals surface area contributed by atoms with Gasteiger partial charge in [0.25, 0.3) is 0 Å². The normalized spacial score (nSPS) is 14.6. The molecule has 1 saturated heterocycles. The van der Waals surface area contributed by atoms with E-state index in [1.807, 2.05) is 47.5 Å². The molecule has 1 fully saturated rings. The van der Waals surface area contributed by atoms with Crippen LogP contribution in [0, 0.1) is 0 Å².